The van der Waals surface area contributed by atoms with E-state index in [0.29, 0.717) is 16.8 Å². The molecule has 1 atom stereocenters. The molecule has 0 spiro atoms. The predicted octanol–water partition coefficient (Wildman–Crippen LogP) is 4.66. The average molecular weight is 412 g/mol. The minimum atomic E-state index is -0.963. The molecule has 5 nitrogen and oxygen atoms in total. The summed E-state index contributed by atoms with van der Waals surface area (Å²) in [5.41, 5.74) is 3.23. The van der Waals surface area contributed by atoms with Crippen molar-refractivity contribution in [3.8, 4) is 0 Å². The highest BCUT2D eigenvalue weighted by molar-refractivity contribution is 6.23. The van der Waals surface area contributed by atoms with Gasteiger partial charge in [0.15, 0.2) is 0 Å². The van der Waals surface area contributed by atoms with E-state index in [2.05, 4.69) is 19.2 Å². The smallest absolute Gasteiger partial charge is 0.262 e. The number of nitrogens with one attached hydrogen (secondary N) is 1. The van der Waals surface area contributed by atoms with E-state index in [0.717, 1.165) is 16.0 Å². The molecule has 0 bridgehead atoms. The highest BCUT2D eigenvalue weighted by Gasteiger charge is 2.42. The van der Waals surface area contributed by atoms with Gasteiger partial charge in [-0.05, 0) is 35.2 Å². The molecule has 0 saturated heterocycles. The predicted molar refractivity (Wildman–Crippen MR) is 120 cm³/mol. The summed E-state index contributed by atoms with van der Waals surface area (Å²) in [5, 5.41) is 2.97. The Hall–Kier alpha value is -3.73. The number of carbonyl (C=O) groups is 3. The standard InChI is InChI=1S/C26H24N2O3/c1-17(2)19-12-8-9-15-22(19)27-24(29)23(16-18-10-4-3-5-11-18)28-25(30)20-13-6-7-14-21(20)26(28)31/h3-15,17,23H,16H2,1-2H3,(H,27,29)/t23-/m0/s1. The summed E-state index contributed by atoms with van der Waals surface area (Å²) in [6.07, 6.45) is 0.238. The van der Waals surface area contributed by atoms with Gasteiger partial charge in [-0.3, -0.25) is 19.3 Å². The van der Waals surface area contributed by atoms with Gasteiger partial charge in [-0.2, -0.15) is 0 Å². The van der Waals surface area contributed by atoms with Crippen molar-refractivity contribution >= 4 is 23.4 Å². The van der Waals surface area contributed by atoms with Crippen LogP contribution < -0.4 is 5.32 Å². The quantitative estimate of drug-likeness (QED) is 0.599. The van der Waals surface area contributed by atoms with E-state index >= 15 is 0 Å². The molecule has 1 aliphatic rings. The summed E-state index contributed by atoms with van der Waals surface area (Å²) in [6, 6.07) is 22.7. The average Bonchev–Trinajstić information content (AvgIpc) is 3.03. The number of carbonyl (C=O) groups excluding carboxylic acids is 3. The van der Waals surface area contributed by atoms with Crippen molar-refractivity contribution in [3.05, 3.63) is 101 Å². The van der Waals surface area contributed by atoms with Crippen LogP contribution in [-0.4, -0.2) is 28.7 Å². The summed E-state index contributed by atoms with van der Waals surface area (Å²) in [4.78, 5) is 40.8. The number of benzene rings is 3. The lowest BCUT2D eigenvalue weighted by Gasteiger charge is -2.26. The Morgan fingerprint density at radius 2 is 1.35 bits per heavy atom. The Bertz CT molecular complexity index is 1100. The van der Waals surface area contributed by atoms with Crippen molar-refractivity contribution in [2.24, 2.45) is 0 Å². The maximum absolute atomic E-state index is 13.5. The van der Waals surface area contributed by atoms with E-state index in [1.807, 2.05) is 54.6 Å². The van der Waals surface area contributed by atoms with Crippen LogP contribution in [0.4, 0.5) is 5.69 Å². The van der Waals surface area contributed by atoms with Crippen molar-refractivity contribution in [3.63, 3.8) is 0 Å². The van der Waals surface area contributed by atoms with E-state index in [1.165, 1.54) is 0 Å². The van der Waals surface area contributed by atoms with Crippen LogP contribution in [0.3, 0.4) is 0 Å². The fourth-order valence-corrected chi connectivity index (χ4v) is 3.96. The first-order chi connectivity index (χ1) is 15.0. The molecule has 3 aromatic carbocycles. The Morgan fingerprint density at radius 3 is 1.97 bits per heavy atom. The fourth-order valence-electron chi connectivity index (χ4n) is 3.96. The summed E-state index contributed by atoms with van der Waals surface area (Å²) in [5.74, 6) is -1.04. The monoisotopic (exact) mass is 412 g/mol. The van der Waals surface area contributed by atoms with Crippen molar-refractivity contribution < 1.29 is 14.4 Å². The Balaban J connectivity index is 1.70. The molecule has 1 heterocycles. The molecule has 0 aliphatic carbocycles. The van der Waals surface area contributed by atoms with Crippen LogP contribution in [0.2, 0.25) is 0 Å². The molecule has 0 aromatic heterocycles. The van der Waals surface area contributed by atoms with Crippen LogP contribution in [0.15, 0.2) is 78.9 Å². The number of nitrogens with zero attached hydrogens (tertiary/aromatic N) is 1. The Kier molecular flexibility index (Phi) is 5.67. The van der Waals surface area contributed by atoms with Gasteiger partial charge in [0.05, 0.1) is 11.1 Å². The first kappa shape index (κ1) is 20.5. The highest BCUT2D eigenvalue weighted by atomic mass is 16.2. The van der Waals surface area contributed by atoms with Gasteiger partial charge in [-0.15, -0.1) is 0 Å². The molecule has 3 amide bonds. The number of amides is 3. The normalized spacial score (nSPS) is 14.0. The highest BCUT2D eigenvalue weighted by Crippen LogP contribution is 2.28. The largest absolute Gasteiger partial charge is 0.324 e. The number of fused-ring (bicyclic) bond motifs is 1. The van der Waals surface area contributed by atoms with Crippen molar-refractivity contribution in [2.75, 3.05) is 5.32 Å². The van der Waals surface area contributed by atoms with Gasteiger partial charge in [0.2, 0.25) is 5.91 Å². The molecule has 1 N–H and O–H groups in total. The van der Waals surface area contributed by atoms with Crippen molar-refractivity contribution in [1.82, 2.24) is 4.90 Å². The van der Waals surface area contributed by atoms with Gasteiger partial charge in [0.1, 0.15) is 6.04 Å². The molecule has 0 radical (unpaired) electrons. The number of rotatable bonds is 6. The zero-order chi connectivity index (χ0) is 22.0. The molecule has 3 aromatic rings. The number of hydrogen-bond acceptors (Lipinski definition) is 3. The molecule has 31 heavy (non-hydrogen) atoms. The molecule has 0 saturated carbocycles. The SMILES string of the molecule is CC(C)c1ccccc1NC(=O)[C@H](Cc1ccccc1)N1C(=O)c2ccccc2C1=O. The fraction of sp³-hybridized carbons (Fsp3) is 0.192. The molecular weight excluding hydrogens is 388 g/mol. The van der Waals surface area contributed by atoms with E-state index in [1.54, 1.807) is 24.3 Å². The molecule has 0 fully saturated rings. The second-order valence-electron chi connectivity index (χ2n) is 7.96. The molecule has 5 heteroatoms. The molecule has 156 valence electrons. The molecule has 1 aliphatic heterocycles. The number of anilines is 1. The van der Waals surface area contributed by atoms with Crippen LogP contribution in [0.1, 0.15) is 51.6 Å². The third-order valence-electron chi connectivity index (χ3n) is 5.55. The molecular formula is C26H24N2O3. The van der Waals surface area contributed by atoms with Gasteiger partial charge < -0.3 is 5.32 Å². The van der Waals surface area contributed by atoms with E-state index in [9.17, 15) is 14.4 Å². The van der Waals surface area contributed by atoms with Gasteiger partial charge in [-0.25, -0.2) is 0 Å². The third kappa shape index (κ3) is 3.99. The topological polar surface area (TPSA) is 66.5 Å². The van der Waals surface area contributed by atoms with Crippen LogP contribution in [0, 0.1) is 0 Å². The van der Waals surface area contributed by atoms with Crippen molar-refractivity contribution in [2.45, 2.75) is 32.2 Å². The zero-order valence-corrected chi connectivity index (χ0v) is 17.5. The van der Waals surface area contributed by atoms with Crippen LogP contribution in [0.25, 0.3) is 0 Å². The minimum Gasteiger partial charge on any atom is -0.324 e. The number of imide groups is 1. The van der Waals surface area contributed by atoms with E-state index < -0.39 is 17.9 Å². The maximum atomic E-state index is 13.5. The second-order valence-corrected chi connectivity index (χ2v) is 7.96. The van der Waals surface area contributed by atoms with Gasteiger partial charge in [-0.1, -0.05) is 74.5 Å². The number of hydrogen-bond donors (Lipinski definition) is 1. The summed E-state index contributed by atoms with van der Waals surface area (Å²) >= 11 is 0. The van der Waals surface area contributed by atoms with E-state index in [-0.39, 0.29) is 18.2 Å². The first-order valence-corrected chi connectivity index (χ1v) is 10.4. The summed E-state index contributed by atoms with van der Waals surface area (Å²) in [6.45, 7) is 4.10. The number of para-hydroxylation sites is 1. The van der Waals surface area contributed by atoms with Gasteiger partial charge >= 0.3 is 0 Å². The zero-order valence-electron chi connectivity index (χ0n) is 17.5. The first-order valence-electron chi connectivity index (χ1n) is 10.4. The lowest BCUT2D eigenvalue weighted by Crippen LogP contribution is -2.48. The van der Waals surface area contributed by atoms with Crippen LogP contribution in [0.5, 0.6) is 0 Å². The van der Waals surface area contributed by atoms with Gasteiger partial charge in [0, 0.05) is 12.1 Å². The summed E-state index contributed by atoms with van der Waals surface area (Å²) in [7, 11) is 0. The van der Waals surface area contributed by atoms with Gasteiger partial charge in [0.25, 0.3) is 11.8 Å². The Labute approximate surface area is 181 Å². The Morgan fingerprint density at radius 1 is 0.806 bits per heavy atom. The molecule has 0 unspecified atom stereocenters. The van der Waals surface area contributed by atoms with Crippen molar-refractivity contribution in [1.29, 1.82) is 0 Å². The lowest BCUT2D eigenvalue weighted by molar-refractivity contribution is -0.119. The maximum Gasteiger partial charge on any atom is 0.262 e. The summed E-state index contributed by atoms with van der Waals surface area (Å²) < 4.78 is 0. The van der Waals surface area contributed by atoms with Crippen LogP contribution in [-0.2, 0) is 11.2 Å². The van der Waals surface area contributed by atoms with E-state index in [4.69, 9.17) is 0 Å². The second kappa shape index (κ2) is 8.56. The van der Waals surface area contributed by atoms with Crippen LogP contribution >= 0.6 is 0 Å². The molecule has 4 rings (SSSR count). The minimum absolute atomic E-state index is 0.211. The third-order valence-corrected chi connectivity index (χ3v) is 5.55. The lowest BCUT2D eigenvalue weighted by atomic mass is 10.00.